The van der Waals surface area contributed by atoms with Crippen LogP contribution in [0.1, 0.15) is 38.9 Å². The first-order valence-electron chi connectivity index (χ1n) is 5.40. The fourth-order valence-electron chi connectivity index (χ4n) is 1.25. The Morgan fingerprint density at radius 3 is 2.36 bits per heavy atom. The molecule has 1 rings (SSSR count). The molecule has 1 aromatic rings. The van der Waals surface area contributed by atoms with Crippen molar-refractivity contribution in [3.05, 3.63) is 35.9 Å². The lowest BCUT2D eigenvalue weighted by atomic mass is 10.1. The summed E-state index contributed by atoms with van der Waals surface area (Å²) < 4.78 is 5.78. The molecule has 1 nitrogen and oxygen atoms in total. The normalized spacial score (nSPS) is 15.1. The minimum atomic E-state index is 0.213. The van der Waals surface area contributed by atoms with Crippen LogP contribution >= 0.6 is 0 Å². The number of hydrogen-bond acceptors (Lipinski definition) is 1. The summed E-state index contributed by atoms with van der Waals surface area (Å²) >= 11 is 0. The molecule has 0 aliphatic rings. The third-order valence-corrected chi connectivity index (χ3v) is 2.60. The van der Waals surface area contributed by atoms with Crippen LogP contribution in [0.5, 0.6) is 0 Å². The largest absolute Gasteiger partial charge is 0.374 e. The fraction of sp³-hybridized carbons (Fsp3) is 0.538. The molecule has 1 unspecified atom stereocenters. The lowest BCUT2D eigenvalue weighted by Crippen LogP contribution is -2.08. The second-order valence-electron chi connectivity index (χ2n) is 3.90. The monoisotopic (exact) mass is 192 g/mol. The molecule has 0 N–H and O–H groups in total. The van der Waals surface area contributed by atoms with E-state index in [9.17, 15) is 0 Å². The molecule has 1 heteroatoms. The maximum Gasteiger partial charge on any atom is 0.0796 e. The van der Waals surface area contributed by atoms with Gasteiger partial charge >= 0.3 is 0 Å². The molecule has 1 aromatic carbocycles. The number of ether oxygens (including phenoxy) is 1. The molecule has 0 fully saturated rings. The van der Waals surface area contributed by atoms with Crippen molar-refractivity contribution in [1.29, 1.82) is 0 Å². The van der Waals surface area contributed by atoms with Crippen molar-refractivity contribution in [1.82, 2.24) is 0 Å². The van der Waals surface area contributed by atoms with Crippen molar-refractivity contribution in [2.24, 2.45) is 5.92 Å². The Bertz CT molecular complexity index is 243. The van der Waals surface area contributed by atoms with Crippen molar-refractivity contribution in [2.45, 2.75) is 33.3 Å². The number of benzene rings is 1. The Morgan fingerprint density at radius 2 is 1.79 bits per heavy atom. The van der Waals surface area contributed by atoms with E-state index in [1.165, 1.54) is 12.0 Å². The van der Waals surface area contributed by atoms with E-state index >= 15 is 0 Å². The van der Waals surface area contributed by atoms with Gasteiger partial charge in [-0.3, -0.25) is 0 Å². The second-order valence-corrected chi connectivity index (χ2v) is 3.90. The average Bonchev–Trinajstić information content (AvgIpc) is 2.26. The van der Waals surface area contributed by atoms with Crippen LogP contribution in [0.25, 0.3) is 0 Å². The van der Waals surface area contributed by atoms with Crippen molar-refractivity contribution in [3.8, 4) is 0 Å². The molecule has 78 valence electrons. The van der Waals surface area contributed by atoms with Gasteiger partial charge in [0, 0.05) is 6.61 Å². The summed E-state index contributed by atoms with van der Waals surface area (Å²) in [6.07, 6.45) is 1.40. The predicted octanol–water partition coefficient (Wildman–Crippen LogP) is 3.81. The molecule has 0 saturated carbocycles. The van der Waals surface area contributed by atoms with Crippen LogP contribution in [0.3, 0.4) is 0 Å². The summed E-state index contributed by atoms with van der Waals surface area (Å²) in [6.45, 7) is 7.38. The highest BCUT2D eigenvalue weighted by Crippen LogP contribution is 2.17. The van der Waals surface area contributed by atoms with Crippen LogP contribution in [0, 0.1) is 5.92 Å². The highest BCUT2D eigenvalue weighted by molar-refractivity contribution is 5.16. The first-order valence-corrected chi connectivity index (χ1v) is 5.40. The van der Waals surface area contributed by atoms with E-state index in [2.05, 4.69) is 45.0 Å². The Morgan fingerprint density at radius 1 is 1.14 bits per heavy atom. The molecule has 0 aromatic heterocycles. The summed E-state index contributed by atoms with van der Waals surface area (Å²) in [5, 5.41) is 0. The zero-order valence-corrected chi connectivity index (χ0v) is 9.36. The number of hydrogen-bond donors (Lipinski definition) is 0. The molecule has 0 spiro atoms. The Balaban J connectivity index is 2.39. The average molecular weight is 192 g/mol. The molecule has 0 aliphatic carbocycles. The van der Waals surface area contributed by atoms with E-state index in [4.69, 9.17) is 4.74 Å². The third-order valence-electron chi connectivity index (χ3n) is 2.60. The second kappa shape index (κ2) is 5.82. The minimum absolute atomic E-state index is 0.213. The highest BCUT2D eigenvalue weighted by atomic mass is 16.5. The molecule has 14 heavy (non-hydrogen) atoms. The van der Waals surface area contributed by atoms with Crippen molar-refractivity contribution >= 4 is 0 Å². The van der Waals surface area contributed by atoms with Gasteiger partial charge in [-0.05, 0) is 18.4 Å². The lowest BCUT2D eigenvalue weighted by molar-refractivity contribution is 0.0424. The summed E-state index contributed by atoms with van der Waals surface area (Å²) in [6, 6.07) is 10.4. The van der Waals surface area contributed by atoms with Crippen LogP contribution in [0.15, 0.2) is 30.3 Å². The third kappa shape index (κ3) is 3.51. The molecular weight excluding hydrogens is 172 g/mol. The molecule has 0 bridgehead atoms. The van der Waals surface area contributed by atoms with Gasteiger partial charge in [0.25, 0.3) is 0 Å². The summed E-state index contributed by atoms with van der Waals surface area (Å²) in [5.41, 5.74) is 1.26. The lowest BCUT2D eigenvalue weighted by Gasteiger charge is -2.16. The Hall–Kier alpha value is -0.820. The van der Waals surface area contributed by atoms with Gasteiger partial charge in [0.05, 0.1) is 6.10 Å². The van der Waals surface area contributed by atoms with E-state index in [-0.39, 0.29) is 6.10 Å². The number of rotatable bonds is 5. The zero-order chi connectivity index (χ0) is 10.4. The maximum absolute atomic E-state index is 5.78. The van der Waals surface area contributed by atoms with Gasteiger partial charge < -0.3 is 4.74 Å². The van der Waals surface area contributed by atoms with Crippen molar-refractivity contribution < 1.29 is 4.74 Å². The van der Waals surface area contributed by atoms with Crippen LogP contribution in [-0.2, 0) is 4.74 Å². The van der Waals surface area contributed by atoms with Gasteiger partial charge in [-0.25, -0.2) is 0 Å². The van der Waals surface area contributed by atoms with Crippen LogP contribution in [0.4, 0.5) is 0 Å². The highest BCUT2D eigenvalue weighted by Gasteiger charge is 2.06. The van der Waals surface area contributed by atoms with Crippen LogP contribution < -0.4 is 0 Å². The molecule has 0 radical (unpaired) electrons. The summed E-state index contributed by atoms with van der Waals surface area (Å²) in [7, 11) is 0. The van der Waals surface area contributed by atoms with E-state index in [0.29, 0.717) is 5.92 Å². The van der Waals surface area contributed by atoms with Crippen molar-refractivity contribution in [3.63, 3.8) is 0 Å². The van der Waals surface area contributed by atoms with E-state index in [1.807, 2.05) is 6.07 Å². The van der Waals surface area contributed by atoms with E-state index in [1.54, 1.807) is 0 Å². The Labute approximate surface area is 87.1 Å². The molecule has 2 atom stereocenters. The topological polar surface area (TPSA) is 9.23 Å². The SMILES string of the molecule is CCC(C)CO[C@H](C)c1ccccc1. The van der Waals surface area contributed by atoms with Gasteiger partial charge in [-0.1, -0.05) is 50.6 Å². The van der Waals surface area contributed by atoms with Gasteiger partial charge in [-0.2, -0.15) is 0 Å². The van der Waals surface area contributed by atoms with Crippen LogP contribution in [-0.4, -0.2) is 6.61 Å². The maximum atomic E-state index is 5.78. The van der Waals surface area contributed by atoms with Gasteiger partial charge in [-0.15, -0.1) is 0 Å². The standard InChI is InChI=1S/C13H20O/c1-4-11(2)10-14-12(3)13-8-6-5-7-9-13/h5-9,11-12H,4,10H2,1-3H3/t11?,12-/m1/s1. The first-order chi connectivity index (χ1) is 6.74. The first kappa shape index (κ1) is 11.3. The van der Waals surface area contributed by atoms with E-state index < -0.39 is 0 Å². The van der Waals surface area contributed by atoms with Crippen LogP contribution in [0.2, 0.25) is 0 Å². The molecule has 0 amide bonds. The summed E-state index contributed by atoms with van der Waals surface area (Å²) in [5.74, 6) is 0.654. The fourth-order valence-corrected chi connectivity index (χ4v) is 1.25. The Kier molecular flexibility index (Phi) is 4.68. The van der Waals surface area contributed by atoms with Crippen molar-refractivity contribution in [2.75, 3.05) is 6.61 Å². The molecule has 0 saturated heterocycles. The van der Waals surface area contributed by atoms with Gasteiger partial charge in [0.2, 0.25) is 0 Å². The minimum Gasteiger partial charge on any atom is -0.374 e. The molecule has 0 heterocycles. The molecule has 0 aliphatic heterocycles. The van der Waals surface area contributed by atoms with E-state index in [0.717, 1.165) is 6.61 Å². The van der Waals surface area contributed by atoms with Gasteiger partial charge in [0.1, 0.15) is 0 Å². The predicted molar refractivity (Wildman–Crippen MR) is 60.3 cm³/mol. The molecular formula is C13H20O. The zero-order valence-electron chi connectivity index (χ0n) is 9.36. The van der Waals surface area contributed by atoms with Gasteiger partial charge in [0.15, 0.2) is 0 Å². The summed E-state index contributed by atoms with van der Waals surface area (Å²) in [4.78, 5) is 0. The quantitative estimate of drug-likeness (QED) is 0.689. The smallest absolute Gasteiger partial charge is 0.0796 e.